The van der Waals surface area contributed by atoms with E-state index in [4.69, 9.17) is 0 Å². The number of carbonyl (C=O) groups is 3. The van der Waals surface area contributed by atoms with Crippen molar-refractivity contribution in [2.45, 2.75) is 45.6 Å². The van der Waals surface area contributed by atoms with Gasteiger partial charge in [-0.05, 0) is 30.7 Å². The van der Waals surface area contributed by atoms with Gasteiger partial charge in [-0.15, -0.1) is 0 Å². The number of likely N-dealkylation sites (tertiary alicyclic amines) is 1. The Morgan fingerprint density at radius 1 is 1.28 bits per heavy atom. The fraction of sp³-hybridized carbons (Fsp3) is 0.611. The Balaban J connectivity index is 1.58. The maximum absolute atomic E-state index is 12.0. The highest BCUT2D eigenvalue weighted by Crippen LogP contribution is 2.13. The highest BCUT2D eigenvalue weighted by Gasteiger charge is 2.24. The van der Waals surface area contributed by atoms with Crippen LogP contribution in [0, 0.1) is 5.92 Å². The molecule has 2 rings (SSSR count). The monoisotopic (exact) mass is 365 g/mol. The summed E-state index contributed by atoms with van der Waals surface area (Å²) in [5.41, 5.74) is 0.664. The molecule has 0 bridgehead atoms. The molecule has 1 fully saturated rings. The zero-order valence-corrected chi connectivity index (χ0v) is 15.7. The van der Waals surface area contributed by atoms with Crippen LogP contribution < -0.4 is 10.6 Å². The fourth-order valence-electron chi connectivity index (χ4n) is 2.86. The highest BCUT2D eigenvalue weighted by atomic mass is 32.1. The van der Waals surface area contributed by atoms with E-state index in [2.05, 4.69) is 10.6 Å². The van der Waals surface area contributed by atoms with Crippen molar-refractivity contribution in [2.24, 2.45) is 5.92 Å². The molecule has 3 amide bonds. The molecule has 1 aromatic heterocycles. The molecular formula is C18H27N3O3S. The molecule has 2 N–H and O–H groups in total. The molecule has 138 valence electrons. The van der Waals surface area contributed by atoms with Crippen LogP contribution in [0.2, 0.25) is 0 Å². The quantitative estimate of drug-likeness (QED) is 0.726. The number of hydrogen-bond acceptors (Lipinski definition) is 4. The second-order valence-corrected chi connectivity index (χ2v) is 7.47. The van der Waals surface area contributed by atoms with Gasteiger partial charge in [0.1, 0.15) is 0 Å². The highest BCUT2D eigenvalue weighted by molar-refractivity contribution is 7.08. The maximum atomic E-state index is 12.0. The van der Waals surface area contributed by atoms with Crippen molar-refractivity contribution in [3.63, 3.8) is 0 Å². The van der Waals surface area contributed by atoms with Gasteiger partial charge in [-0.2, -0.15) is 11.3 Å². The Labute approximate surface area is 153 Å². The van der Waals surface area contributed by atoms with E-state index in [1.165, 1.54) is 11.3 Å². The molecule has 1 aliphatic rings. The number of rotatable bonds is 7. The maximum Gasteiger partial charge on any atom is 0.252 e. The van der Waals surface area contributed by atoms with E-state index < -0.39 is 0 Å². The Bertz CT molecular complexity index is 578. The summed E-state index contributed by atoms with van der Waals surface area (Å²) in [5.74, 6) is 0.129. The molecule has 0 atom stereocenters. The van der Waals surface area contributed by atoms with Crippen LogP contribution in [0.3, 0.4) is 0 Å². The van der Waals surface area contributed by atoms with Gasteiger partial charge < -0.3 is 15.5 Å². The predicted molar refractivity (Wildman–Crippen MR) is 98.5 cm³/mol. The third-order valence-electron chi connectivity index (χ3n) is 4.32. The van der Waals surface area contributed by atoms with Crippen LogP contribution in [0.25, 0.3) is 0 Å². The Morgan fingerprint density at radius 3 is 2.60 bits per heavy atom. The molecule has 1 aromatic rings. The summed E-state index contributed by atoms with van der Waals surface area (Å²) in [6, 6.07) is 1.92. The minimum absolute atomic E-state index is 0.0124. The minimum Gasteiger partial charge on any atom is -0.353 e. The van der Waals surface area contributed by atoms with E-state index in [0.717, 1.165) is 12.8 Å². The lowest BCUT2D eigenvalue weighted by atomic mass is 10.0. The zero-order valence-electron chi connectivity index (χ0n) is 14.9. The number of thiophene rings is 1. The Morgan fingerprint density at radius 2 is 2.00 bits per heavy atom. The van der Waals surface area contributed by atoms with Crippen molar-refractivity contribution < 1.29 is 14.4 Å². The molecule has 0 aliphatic carbocycles. The van der Waals surface area contributed by atoms with Crippen molar-refractivity contribution >= 4 is 29.1 Å². The van der Waals surface area contributed by atoms with Crippen molar-refractivity contribution in [1.29, 1.82) is 0 Å². The van der Waals surface area contributed by atoms with Crippen LogP contribution in [0.1, 0.15) is 49.9 Å². The van der Waals surface area contributed by atoms with Gasteiger partial charge in [-0.3, -0.25) is 14.4 Å². The van der Waals surface area contributed by atoms with Crippen molar-refractivity contribution in [3.8, 4) is 0 Å². The summed E-state index contributed by atoms with van der Waals surface area (Å²) in [4.78, 5) is 37.6. The first-order chi connectivity index (χ1) is 12.0. The van der Waals surface area contributed by atoms with E-state index in [-0.39, 0.29) is 29.7 Å². The van der Waals surface area contributed by atoms with Crippen LogP contribution in [0.4, 0.5) is 0 Å². The first kappa shape index (κ1) is 19.4. The topological polar surface area (TPSA) is 78.5 Å². The molecule has 7 heteroatoms. The number of nitrogens with one attached hydrogen (secondary N) is 2. The Hall–Kier alpha value is -1.89. The van der Waals surface area contributed by atoms with Crippen LogP contribution >= 0.6 is 11.3 Å². The van der Waals surface area contributed by atoms with Crippen LogP contribution in [0.5, 0.6) is 0 Å². The van der Waals surface area contributed by atoms with Crippen LogP contribution in [-0.4, -0.2) is 48.3 Å². The average molecular weight is 365 g/mol. The van der Waals surface area contributed by atoms with Gasteiger partial charge in [0, 0.05) is 49.0 Å². The van der Waals surface area contributed by atoms with Gasteiger partial charge in [-0.25, -0.2) is 0 Å². The van der Waals surface area contributed by atoms with E-state index in [0.29, 0.717) is 38.0 Å². The molecule has 0 saturated carbocycles. The number of amides is 3. The molecular weight excluding hydrogens is 338 g/mol. The molecule has 2 heterocycles. The summed E-state index contributed by atoms with van der Waals surface area (Å²) < 4.78 is 0. The van der Waals surface area contributed by atoms with E-state index in [1.54, 1.807) is 11.4 Å². The van der Waals surface area contributed by atoms with Gasteiger partial charge in [-0.1, -0.05) is 13.8 Å². The predicted octanol–water partition coefficient (Wildman–Crippen LogP) is 2.02. The standard InChI is InChI=1S/C18H27N3O3S/c1-13(2)18(24)21-9-5-15(6-10-21)20-16(22)4-3-8-19-17(23)14-7-11-25-12-14/h7,11-13,15H,3-6,8-10H2,1-2H3,(H,19,23)(H,20,22). The third kappa shape index (κ3) is 6.16. The zero-order chi connectivity index (χ0) is 18.2. The van der Waals surface area contributed by atoms with Gasteiger partial charge in [0.15, 0.2) is 0 Å². The van der Waals surface area contributed by atoms with Crippen molar-refractivity contribution in [1.82, 2.24) is 15.5 Å². The molecule has 0 aromatic carbocycles. The smallest absolute Gasteiger partial charge is 0.252 e. The average Bonchev–Trinajstić information content (AvgIpc) is 3.13. The summed E-state index contributed by atoms with van der Waals surface area (Å²) >= 11 is 1.49. The first-order valence-electron chi connectivity index (χ1n) is 8.86. The molecule has 6 nitrogen and oxygen atoms in total. The SMILES string of the molecule is CC(C)C(=O)N1CCC(NC(=O)CCCNC(=O)c2ccsc2)CC1. The lowest BCUT2D eigenvalue weighted by molar-refractivity contribution is -0.135. The minimum atomic E-state index is -0.0937. The number of carbonyl (C=O) groups excluding carboxylic acids is 3. The lowest BCUT2D eigenvalue weighted by Crippen LogP contribution is -2.47. The summed E-state index contributed by atoms with van der Waals surface area (Å²) in [5, 5.41) is 9.52. The molecule has 1 saturated heterocycles. The van der Waals surface area contributed by atoms with Crippen molar-refractivity contribution in [3.05, 3.63) is 22.4 Å². The van der Waals surface area contributed by atoms with E-state index >= 15 is 0 Å². The van der Waals surface area contributed by atoms with Gasteiger partial charge in [0.2, 0.25) is 11.8 Å². The molecule has 25 heavy (non-hydrogen) atoms. The molecule has 1 aliphatic heterocycles. The number of piperidine rings is 1. The van der Waals surface area contributed by atoms with Gasteiger partial charge in [0.05, 0.1) is 0 Å². The van der Waals surface area contributed by atoms with E-state index in [9.17, 15) is 14.4 Å². The number of hydrogen-bond donors (Lipinski definition) is 2. The normalized spacial score (nSPS) is 15.2. The van der Waals surface area contributed by atoms with Crippen molar-refractivity contribution in [2.75, 3.05) is 19.6 Å². The molecule has 0 spiro atoms. The van der Waals surface area contributed by atoms with E-state index in [1.807, 2.05) is 24.1 Å². The van der Waals surface area contributed by atoms with Gasteiger partial charge in [0.25, 0.3) is 5.91 Å². The fourth-order valence-corrected chi connectivity index (χ4v) is 3.49. The molecule has 0 radical (unpaired) electrons. The van der Waals surface area contributed by atoms with Gasteiger partial charge >= 0.3 is 0 Å². The molecule has 0 unspecified atom stereocenters. The van der Waals surface area contributed by atoms with Crippen LogP contribution in [0.15, 0.2) is 16.8 Å². The number of nitrogens with zero attached hydrogens (tertiary/aromatic N) is 1. The first-order valence-corrected chi connectivity index (χ1v) is 9.80. The summed E-state index contributed by atoms with van der Waals surface area (Å²) in [6.45, 7) is 5.72. The second-order valence-electron chi connectivity index (χ2n) is 6.69. The lowest BCUT2D eigenvalue weighted by Gasteiger charge is -2.33. The Kier molecular flexibility index (Phi) is 7.43. The summed E-state index contributed by atoms with van der Waals surface area (Å²) in [7, 11) is 0. The second kappa shape index (κ2) is 9.56. The largest absolute Gasteiger partial charge is 0.353 e. The summed E-state index contributed by atoms with van der Waals surface area (Å²) in [6.07, 6.45) is 2.62. The van der Waals surface area contributed by atoms with Crippen LogP contribution in [-0.2, 0) is 9.59 Å². The third-order valence-corrected chi connectivity index (χ3v) is 5.00.